The second-order valence-electron chi connectivity index (χ2n) is 7.67. The number of rotatable bonds is 8. The highest BCUT2D eigenvalue weighted by atomic mass is 35.5. The van der Waals surface area contributed by atoms with Crippen molar-refractivity contribution >= 4 is 56.6 Å². The van der Waals surface area contributed by atoms with Gasteiger partial charge < -0.3 is 9.64 Å². The molecule has 1 aliphatic heterocycles. The van der Waals surface area contributed by atoms with Crippen molar-refractivity contribution in [1.29, 1.82) is 0 Å². The quantitative estimate of drug-likeness (QED) is 0.427. The Morgan fingerprint density at radius 2 is 1.97 bits per heavy atom. The van der Waals surface area contributed by atoms with E-state index in [4.69, 9.17) is 16.3 Å². The zero-order valence-corrected chi connectivity index (χ0v) is 20.6. The van der Waals surface area contributed by atoms with Crippen LogP contribution in [0.5, 0.6) is 0 Å². The number of benzene rings is 2. The van der Waals surface area contributed by atoms with Crippen molar-refractivity contribution < 1.29 is 27.1 Å². The highest BCUT2D eigenvalue weighted by Crippen LogP contribution is 2.27. The van der Waals surface area contributed by atoms with E-state index >= 15 is 0 Å². The third-order valence-corrected chi connectivity index (χ3v) is 7.51. The molecule has 0 aliphatic carbocycles. The normalized spacial score (nSPS) is 16.2. The molecule has 0 bridgehead atoms. The summed E-state index contributed by atoms with van der Waals surface area (Å²) in [7, 11) is -3.92. The minimum absolute atomic E-state index is 0.00453. The van der Waals surface area contributed by atoms with Gasteiger partial charge in [0.1, 0.15) is 18.5 Å². The van der Waals surface area contributed by atoms with Crippen LogP contribution in [0.4, 0.5) is 10.1 Å². The topological polar surface area (TPSA) is 92.8 Å². The van der Waals surface area contributed by atoms with E-state index < -0.39 is 33.8 Å². The number of carbonyl (C=O) groups is 2. The number of carbonyl (C=O) groups excluding carboxylic acids is 2. The van der Waals surface area contributed by atoms with Crippen LogP contribution in [0.15, 0.2) is 66.1 Å². The van der Waals surface area contributed by atoms with Gasteiger partial charge in [-0.05, 0) is 48.4 Å². The molecule has 4 rings (SSSR count). The van der Waals surface area contributed by atoms with Crippen LogP contribution in [0.3, 0.4) is 0 Å². The molecule has 7 nitrogen and oxygen atoms in total. The molecule has 1 unspecified atom stereocenters. The molecule has 1 aromatic heterocycles. The highest BCUT2D eigenvalue weighted by molar-refractivity contribution is 7.92. The van der Waals surface area contributed by atoms with Gasteiger partial charge in [-0.15, -0.1) is 11.3 Å². The van der Waals surface area contributed by atoms with Crippen LogP contribution in [0.1, 0.15) is 27.2 Å². The Bertz CT molecular complexity index is 1380. The molecule has 1 aliphatic rings. The number of thiophene rings is 1. The van der Waals surface area contributed by atoms with Crippen molar-refractivity contribution in [2.45, 2.75) is 19.1 Å². The molecular formula is C24H20ClFN2O5S2. The van der Waals surface area contributed by atoms with Gasteiger partial charge in [0, 0.05) is 16.8 Å². The van der Waals surface area contributed by atoms with Crippen LogP contribution in [0, 0.1) is 5.82 Å². The highest BCUT2D eigenvalue weighted by Gasteiger charge is 2.36. The minimum atomic E-state index is -3.92. The molecule has 35 heavy (non-hydrogen) atoms. The van der Waals surface area contributed by atoms with E-state index in [1.54, 1.807) is 24.3 Å². The van der Waals surface area contributed by atoms with E-state index in [1.807, 2.05) is 18.2 Å². The fourth-order valence-electron chi connectivity index (χ4n) is 3.50. The van der Waals surface area contributed by atoms with Crippen molar-refractivity contribution in [3.05, 3.63) is 92.2 Å². The molecule has 2 heterocycles. The number of nitrogens with one attached hydrogen (secondary N) is 1. The van der Waals surface area contributed by atoms with E-state index in [-0.39, 0.29) is 30.8 Å². The van der Waals surface area contributed by atoms with Crippen LogP contribution < -0.4 is 9.62 Å². The van der Waals surface area contributed by atoms with E-state index in [9.17, 15) is 22.4 Å². The summed E-state index contributed by atoms with van der Waals surface area (Å²) in [5.74, 6) is -2.07. The van der Waals surface area contributed by atoms with E-state index in [0.29, 0.717) is 9.21 Å². The van der Waals surface area contributed by atoms with Gasteiger partial charge in [-0.25, -0.2) is 17.6 Å². The lowest BCUT2D eigenvalue weighted by Gasteiger charge is -2.18. The van der Waals surface area contributed by atoms with Crippen molar-refractivity contribution in [2.24, 2.45) is 0 Å². The summed E-state index contributed by atoms with van der Waals surface area (Å²) in [6.07, 6.45) is 1.54. The second-order valence-corrected chi connectivity index (χ2v) is 11.0. The summed E-state index contributed by atoms with van der Waals surface area (Å²) in [5.41, 5.74) is 0.758. The summed E-state index contributed by atoms with van der Waals surface area (Å²) in [5, 5.41) is 0.960. The molecule has 0 spiro atoms. The Hall–Kier alpha value is -3.05. The summed E-state index contributed by atoms with van der Waals surface area (Å²) in [4.78, 5) is 26.9. The molecule has 1 saturated heterocycles. The maximum absolute atomic E-state index is 14.8. The van der Waals surface area contributed by atoms with Crippen molar-refractivity contribution in [3.8, 4) is 0 Å². The van der Waals surface area contributed by atoms with Crippen molar-refractivity contribution in [2.75, 3.05) is 11.4 Å². The zero-order valence-electron chi connectivity index (χ0n) is 18.2. The first-order valence-electron chi connectivity index (χ1n) is 10.5. The van der Waals surface area contributed by atoms with Gasteiger partial charge in [0.15, 0.2) is 0 Å². The fraction of sp³-hybridized carbons (Fsp3) is 0.167. The molecule has 1 atom stereocenters. The molecule has 0 radical (unpaired) electrons. The van der Waals surface area contributed by atoms with Crippen LogP contribution in [-0.4, -0.2) is 32.9 Å². The zero-order chi connectivity index (χ0) is 25.0. The Morgan fingerprint density at radius 3 is 2.66 bits per heavy atom. The Labute approximate surface area is 210 Å². The Kier molecular flexibility index (Phi) is 7.66. The van der Waals surface area contributed by atoms with Gasteiger partial charge in [0.2, 0.25) is 15.9 Å². The number of halogens is 2. The van der Waals surface area contributed by atoms with E-state index in [2.05, 4.69) is 4.72 Å². The number of esters is 1. The summed E-state index contributed by atoms with van der Waals surface area (Å²) in [6.45, 7) is 0.161. The lowest BCUT2D eigenvalue weighted by molar-refractivity contribution is -0.118. The molecule has 1 fully saturated rings. The SMILES string of the molecule is O=C(OCc1ccccc1)c1ccc(N2CCC(NS(=O)(=O)C=Cc3ccc(Cl)s3)C2=O)c(F)c1. The molecular weight excluding hydrogens is 515 g/mol. The van der Waals surface area contributed by atoms with E-state index in [0.717, 1.165) is 21.9 Å². The number of hydrogen-bond acceptors (Lipinski definition) is 6. The van der Waals surface area contributed by atoms with Crippen LogP contribution in [0.25, 0.3) is 6.08 Å². The van der Waals surface area contributed by atoms with Gasteiger partial charge >= 0.3 is 5.97 Å². The standard InChI is InChI=1S/C24H20ClFN2O5S2/c25-22-9-7-18(34-22)11-13-35(31,32)27-20-10-12-28(23(20)29)21-8-6-17(14-19(21)26)24(30)33-15-16-4-2-1-3-5-16/h1-9,11,13-14,20,27H,10,12,15H2. The molecule has 1 N–H and O–H groups in total. The first kappa shape index (κ1) is 25.1. The predicted molar refractivity (Wildman–Crippen MR) is 133 cm³/mol. The summed E-state index contributed by atoms with van der Waals surface area (Å²) >= 11 is 7.05. The smallest absolute Gasteiger partial charge is 0.338 e. The first-order valence-corrected chi connectivity index (χ1v) is 13.2. The predicted octanol–water partition coefficient (Wildman–Crippen LogP) is 4.59. The molecule has 0 saturated carbocycles. The second kappa shape index (κ2) is 10.7. The molecule has 11 heteroatoms. The van der Waals surface area contributed by atoms with Gasteiger partial charge in [-0.3, -0.25) is 4.79 Å². The largest absolute Gasteiger partial charge is 0.457 e. The third kappa shape index (κ3) is 6.34. The number of amides is 1. The molecule has 182 valence electrons. The lowest BCUT2D eigenvalue weighted by Crippen LogP contribution is -2.40. The Balaban J connectivity index is 1.39. The Morgan fingerprint density at radius 1 is 1.20 bits per heavy atom. The van der Waals surface area contributed by atoms with Crippen LogP contribution in [-0.2, 0) is 26.2 Å². The monoisotopic (exact) mass is 534 g/mol. The van der Waals surface area contributed by atoms with Crippen LogP contribution >= 0.6 is 22.9 Å². The van der Waals surface area contributed by atoms with E-state index in [1.165, 1.54) is 29.5 Å². The number of nitrogens with zero attached hydrogens (tertiary/aromatic N) is 1. The lowest BCUT2D eigenvalue weighted by atomic mass is 10.2. The van der Waals surface area contributed by atoms with Gasteiger partial charge in [-0.2, -0.15) is 4.72 Å². The fourth-order valence-corrected chi connectivity index (χ4v) is 5.57. The van der Waals surface area contributed by atoms with Gasteiger partial charge in [0.05, 0.1) is 15.6 Å². The molecule has 2 aromatic carbocycles. The number of hydrogen-bond donors (Lipinski definition) is 1. The summed E-state index contributed by atoms with van der Waals surface area (Å²) < 4.78 is 47.6. The summed E-state index contributed by atoms with van der Waals surface area (Å²) in [6, 6.07) is 15.0. The number of anilines is 1. The average molecular weight is 535 g/mol. The number of ether oxygens (including phenoxy) is 1. The maximum Gasteiger partial charge on any atom is 0.338 e. The first-order chi connectivity index (χ1) is 16.7. The maximum atomic E-state index is 14.8. The van der Waals surface area contributed by atoms with Gasteiger partial charge in [0.25, 0.3) is 0 Å². The number of sulfonamides is 1. The minimum Gasteiger partial charge on any atom is -0.457 e. The van der Waals surface area contributed by atoms with Crippen molar-refractivity contribution in [3.63, 3.8) is 0 Å². The third-order valence-electron chi connectivity index (χ3n) is 5.20. The van der Waals surface area contributed by atoms with Gasteiger partial charge in [-0.1, -0.05) is 41.9 Å². The molecule has 3 aromatic rings. The average Bonchev–Trinajstić information content (AvgIpc) is 3.42. The van der Waals surface area contributed by atoms with Crippen molar-refractivity contribution in [1.82, 2.24) is 4.72 Å². The van der Waals surface area contributed by atoms with Crippen LogP contribution in [0.2, 0.25) is 4.34 Å². The molecule has 1 amide bonds.